The first-order valence-corrected chi connectivity index (χ1v) is 8.98. The highest BCUT2D eigenvalue weighted by molar-refractivity contribution is 7.14. The molecule has 0 saturated heterocycles. The van der Waals surface area contributed by atoms with Gasteiger partial charge in [0, 0.05) is 23.4 Å². The maximum absolute atomic E-state index is 12.6. The van der Waals surface area contributed by atoms with E-state index in [1.165, 1.54) is 11.3 Å². The van der Waals surface area contributed by atoms with Crippen LogP contribution >= 0.6 is 34.5 Å². The van der Waals surface area contributed by atoms with Crippen LogP contribution in [-0.4, -0.2) is 17.4 Å². The summed E-state index contributed by atoms with van der Waals surface area (Å²) in [5.74, 6) is 0.712. The molecule has 3 rings (SSSR count). The Morgan fingerprint density at radius 2 is 2.22 bits per heavy atom. The maximum atomic E-state index is 12.6. The third-order valence-electron chi connectivity index (χ3n) is 3.94. The molecule has 0 spiro atoms. The summed E-state index contributed by atoms with van der Waals surface area (Å²) in [4.78, 5) is 18.9. The van der Waals surface area contributed by atoms with Crippen LogP contribution in [0, 0.1) is 11.8 Å². The second kappa shape index (κ2) is 6.63. The van der Waals surface area contributed by atoms with Crippen molar-refractivity contribution in [2.75, 3.05) is 11.4 Å². The number of halogens is 2. The van der Waals surface area contributed by atoms with Gasteiger partial charge < -0.3 is 0 Å². The van der Waals surface area contributed by atoms with Crippen molar-refractivity contribution in [1.82, 2.24) is 4.98 Å². The van der Waals surface area contributed by atoms with Crippen molar-refractivity contribution in [1.29, 1.82) is 0 Å². The van der Waals surface area contributed by atoms with Gasteiger partial charge in [0.05, 0.1) is 15.7 Å². The summed E-state index contributed by atoms with van der Waals surface area (Å²) in [5, 5.41) is 3.62. The van der Waals surface area contributed by atoms with Crippen LogP contribution in [0.5, 0.6) is 0 Å². The molecular weight excluding hydrogens is 351 g/mol. The molecule has 6 heteroatoms. The van der Waals surface area contributed by atoms with Crippen molar-refractivity contribution in [3.8, 4) is 11.3 Å². The molecule has 3 nitrogen and oxygen atoms in total. The van der Waals surface area contributed by atoms with Gasteiger partial charge in [0.25, 0.3) is 0 Å². The summed E-state index contributed by atoms with van der Waals surface area (Å²) in [6.45, 7) is 6.31. The van der Waals surface area contributed by atoms with Crippen LogP contribution in [0.25, 0.3) is 11.3 Å². The van der Waals surface area contributed by atoms with Crippen LogP contribution in [0.4, 0.5) is 5.13 Å². The van der Waals surface area contributed by atoms with E-state index in [1.54, 1.807) is 23.1 Å². The first kappa shape index (κ1) is 16.5. The third-order valence-corrected chi connectivity index (χ3v) is 5.55. The van der Waals surface area contributed by atoms with Gasteiger partial charge in [-0.05, 0) is 24.5 Å². The Balaban J connectivity index is 1.87. The highest BCUT2D eigenvalue weighted by atomic mass is 35.5. The Morgan fingerprint density at radius 3 is 2.83 bits per heavy atom. The maximum Gasteiger partial charge on any atom is 0.232 e. The zero-order chi connectivity index (χ0) is 16.6. The van der Waals surface area contributed by atoms with Gasteiger partial charge in [-0.15, -0.1) is 17.9 Å². The molecule has 2 atom stereocenters. The molecule has 0 N–H and O–H groups in total. The van der Waals surface area contributed by atoms with Crippen LogP contribution in [-0.2, 0) is 4.79 Å². The van der Waals surface area contributed by atoms with Crippen molar-refractivity contribution >= 4 is 45.6 Å². The molecule has 2 unspecified atom stereocenters. The van der Waals surface area contributed by atoms with Crippen molar-refractivity contribution in [3.05, 3.63) is 46.3 Å². The van der Waals surface area contributed by atoms with Gasteiger partial charge in [-0.3, -0.25) is 9.69 Å². The van der Waals surface area contributed by atoms with E-state index in [0.29, 0.717) is 27.6 Å². The Labute approximate surface area is 149 Å². The van der Waals surface area contributed by atoms with Gasteiger partial charge in [-0.1, -0.05) is 42.3 Å². The molecule has 1 aromatic heterocycles. The monoisotopic (exact) mass is 366 g/mol. The molecule has 1 aliphatic carbocycles. The van der Waals surface area contributed by atoms with Crippen molar-refractivity contribution in [3.63, 3.8) is 0 Å². The predicted molar refractivity (Wildman–Crippen MR) is 97.4 cm³/mol. The normalized spacial score (nSPS) is 19.4. The molecule has 23 heavy (non-hydrogen) atoms. The quantitative estimate of drug-likeness (QED) is 0.673. The lowest BCUT2D eigenvalue weighted by Crippen LogP contribution is -2.32. The lowest BCUT2D eigenvalue weighted by atomic mass is 10.2. The van der Waals surface area contributed by atoms with Gasteiger partial charge in [-0.25, -0.2) is 4.98 Å². The molecule has 0 radical (unpaired) electrons. The Kier molecular flexibility index (Phi) is 4.76. The fraction of sp³-hybridized carbons (Fsp3) is 0.294. The topological polar surface area (TPSA) is 33.2 Å². The van der Waals surface area contributed by atoms with Crippen molar-refractivity contribution in [2.45, 2.75) is 13.3 Å². The number of nitrogens with zero attached hydrogens (tertiary/aromatic N) is 2. The Hall–Kier alpha value is -1.36. The molecule has 0 bridgehead atoms. The molecular formula is C17H16Cl2N2OS. The van der Waals surface area contributed by atoms with E-state index in [1.807, 2.05) is 11.4 Å². The fourth-order valence-electron chi connectivity index (χ4n) is 2.43. The summed E-state index contributed by atoms with van der Waals surface area (Å²) < 4.78 is 0. The van der Waals surface area contributed by atoms with Crippen molar-refractivity contribution in [2.24, 2.45) is 11.8 Å². The number of hydrogen-bond acceptors (Lipinski definition) is 3. The molecule has 120 valence electrons. The number of amides is 1. The zero-order valence-corrected chi connectivity index (χ0v) is 15.0. The van der Waals surface area contributed by atoms with E-state index < -0.39 is 0 Å². The van der Waals surface area contributed by atoms with E-state index in [0.717, 1.165) is 17.7 Å². The molecule has 1 amide bonds. The second-order valence-electron chi connectivity index (χ2n) is 5.70. The lowest BCUT2D eigenvalue weighted by molar-refractivity contribution is -0.119. The minimum Gasteiger partial charge on any atom is -0.284 e. The van der Waals surface area contributed by atoms with Crippen LogP contribution in [0.2, 0.25) is 10.0 Å². The number of aromatic nitrogens is 1. The number of carbonyl (C=O) groups is 1. The molecule has 1 fully saturated rings. The SMILES string of the molecule is C=CCN(C(=O)C1CC1C)c1nc(-c2ccc(Cl)c(Cl)c2)cs1. The summed E-state index contributed by atoms with van der Waals surface area (Å²) in [6, 6.07) is 5.40. The highest BCUT2D eigenvalue weighted by Gasteiger charge is 2.42. The number of benzene rings is 1. The largest absolute Gasteiger partial charge is 0.284 e. The number of carbonyl (C=O) groups excluding carboxylic acids is 1. The smallest absolute Gasteiger partial charge is 0.232 e. The number of anilines is 1. The summed E-state index contributed by atoms with van der Waals surface area (Å²) in [6.07, 6.45) is 2.68. The Bertz CT molecular complexity index is 759. The van der Waals surface area contributed by atoms with Crippen LogP contribution < -0.4 is 4.90 Å². The summed E-state index contributed by atoms with van der Waals surface area (Å²) in [5.41, 5.74) is 1.67. The predicted octanol–water partition coefficient (Wildman–Crippen LogP) is 5.29. The number of thiazole rings is 1. The molecule has 2 aromatic rings. The second-order valence-corrected chi connectivity index (χ2v) is 7.35. The van der Waals surface area contributed by atoms with E-state index in [9.17, 15) is 4.79 Å². The minimum atomic E-state index is 0.118. The minimum absolute atomic E-state index is 0.118. The third kappa shape index (κ3) is 3.44. The molecule has 1 aromatic carbocycles. The van der Waals surface area contributed by atoms with Gasteiger partial charge in [0.2, 0.25) is 5.91 Å². The molecule has 0 aliphatic heterocycles. The summed E-state index contributed by atoms with van der Waals surface area (Å²) >= 11 is 13.5. The van der Waals surface area contributed by atoms with Crippen molar-refractivity contribution < 1.29 is 4.79 Å². The van der Waals surface area contributed by atoms with E-state index >= 15 is 0 Å². The summed E-state index contributed by atoms with van der Waals surface area (Å²) in [7, 11) is 0. The number of hydrogen-bond donors (Lipinski definition) is 0. The van der Waals surface area contributed by atoms with E-state index in [2.05, 4.69) is 18.5 Å². The highest BCUT2D eigenvalue weighted by Crippen LogP contribution is 2.41. The Morgan fingerprint density at radius 1 is 1.48 bits per heavy atom. The van der Waals surface area contributed by atoms with E-state index in [-0.39, 0.29) is 11.8 Å². The fourth-order valence-corrected chi connectivity index (χ4v) is 3.58. The number of rotatable bonds is 5. The average molecular weight is 367 g/mol. The molecule has 1 heterocycles. The van der Waals surface area contributed by atoms with E-state index in [4.69, 9.17) is 23.2 Å². The first-order valence-electron chi connectivity index (χ1n) is 7.34. The average Bonchev–Trinajstić information content (AvgIpc) is 3.07. The standard InChI is InChI=1S/C17H16Cl2N2OS/c1-3-6-21(16(22)12-7-10(12)2)17-20-15(9-23-17)11-4-5-13(18)14(19)8-11/h3-5,8-10,12H,1,6-7H2,2H3. The van der Waals surface area contributed by atoms with Gasteiger partial charge >= 0.3 is 0 Å². The first-order chi connectivity index (χ1) is 11.0. The van der Waals surface area contributed by atoms with Gasteiger partial charge in [-0.2, -0.15) is 0 Å². The zero-order valence-electron chi connectivity index (χ0n) is 12.6. The van der Waals surface area contributed by atoms with Gasteiger partial charge in [0.1, 0.15) is 0 Å². The van der Waals surface area contributed by atoms with Crippen LogP contribution in [0.15, 0.2) is 36.2 Å². The molecule has 1 aliphatic rings. The molecule has 1 saturated carbocycles. The lowest BCUT2D eigenvalue weighted by Gasteiger charge is -2.17. The van der Waals surface area contributed by atoms with Crippen LogP contribution in [0.1, 0.15) is 13.3 Å². The van der Waals surface area contributed by atoms with Crippen LogP contribution in [0.3, 0.4) is 0 Å². The van der Waals surface area contributed by atoms with Gasteiger partial charge in [0.15, 0.2) is 5.13 Å².